The lowest BCUT2D eigenvalue weighted by Crippen LogP contribution is -2.21. The van der Waals surface area contributed by atoms with Gasteiger partial charge in [0.25, 0.3) is 0 Å². The monoisotopic (exact) mass is 406 g/mol. The van der Waals surface area contributed by atoms with Crippen LogP contribution in [-0.2, 0) is 0 Å². The zero-order chi connectivity index (χ0) is 21.7. The first-order chi connectivity index (χ1) is 13.6. The van der Waals surface area contributed by atoms with E-state index in [9.17, 15) is 30.2 Å². The van der Waals surface area contributed by atoms with Crippen LogP contribution in [0.2, 0.25) is 0 Å². The van der Waals surface area contributed by atoms with E-state index in [1.807, 2.05) is 0 Å². The molecule has 0 heterocycles. The number of nitro groups is 2. The predicted octanol–water partition coefficient (Wildman–Crippen LogP) is 2.04. The molecule has 0 atom stereocenters. The predicted molar refractivity (Wildman–Crippen MR) is 95.9 cm³/mol. The standard InChI is InChI=1S/C15H14N6O8/c1-18(2)21(27)17-29-14-8-13(11(19(23)24)7-12(14)20(25)26)28-15(22)9-3-5-10(16)6-4-9/h3-8H,16H2,1-2H3/b21-17+. The summed E-state index contributed by atoms with van der Waals surface area (Å²) in [5, 5.41) is 37.9. The number of nitro benzene ring substituents is 2. The van der Waals surface area contributed by atoms with Crippen molar-refractivity contribution in [1.29, 1.82) is 0 Å². The third-order valence-corrected chi connectivity index (χ3v) is 3.33. The lowest BCUT2D eigenvalue weighted by atomic mass is 10.2. The van der Waals surface area contributed by atoms with Crippen LogP contribution in [0.5, 0.6) is 11.5 Å². The zero-order valence-electron chi connectivity index (χ0n) is 15.0. The number of ether oxygens (including phenoxy) is 1. The maximum atomic E-state index is 12.2. The maximum Gasteiger partial charge on any atom is 0.343 e. The number of carbonyl (C=O) groups excluding carboxylic acids is 1. The number of carbonyl (C=O) groups is 1. The number of nitrogens with two attached hydrogens (primary N) is 1. The van der Waals surface area contributed by atoms with Crippen LogP contribution in [0.15, 0.2) is 41.7 Å². The topological polar surface area (TPSA) is 190 Å². The quantitative estimate of drug-likeness (QED) is 0.135. The molecular formula is C15H14N6O8. The van der Waals surface area contributed by atoms with Gasteiger partial charge >= 0.3 is 17.3 Å². The number of nitrogen functional groups attached to an aromatic ring is 1. The van der Waals surface area contributed by atoms with Gasteiger partial charge in [0.05, 0.1) is 34.5 Å². The number of esters is 1. The molecule has 2 aromatic rings. The number of hydrogen-bond donors (Lipinski definition) is 1. The molecule has 0 aromatic heterocycles. The molecule has 0 aliphatic rings. The van der Waals surface area contributed by atoms with E-state index in [0.29, 0.717) is 11.8 Å². The molecule has 152 valence electrons. The van der Waals surface area contributed by atoms with Crippen LogP contribution in [0.25, 0.3) is 0 Å². The van der Waals surface area contributed by atoms with Gasteiger partial charge in [-0.25, -0.2) is 4.79 Å². The van der Waals surface area contributed by atoms with Crippen LogP contribution >= 0.6 is 0 Å². The van der Waals surface area contributed by atoms with E-state index in [4.69, 9.17) is 15.3 Å². The molecule has 0 aliphatic heterocycles. The maximum absolute atomic E-state index is 12.2. The van der Waals surface area contributed by atoms with Crippen molar-refractivity contribution in [1.82, 2.24) is 5.01 Å². The van der Waals surface area contributed by atoms with Crippen molar-refractivity contribution in [3.05, 3.63) is 67.4 Å². The molecule has 0 bridgehead atoms. The Hall–Kier alpha value is -4.49. The van der Waals surface area contributed by atoms with Crippen molar-refractivity contribution in [3.63, 3.8) is 0 Å². The molecule has 29 heavy (non-hydrogen) atoms. The molecule has 0 spiro atoms. The summed E-state index contributed by atoms with van der Waals surface area (Å²) in [6, 6.07) is 6.73. The highest BCUT2D eigenvalue weighted by Gasteiger charge is 2.29. The van der Waals surface area contributed by atoms with Gasteiger partial charge in [-0.1, -0.05) is 0 Å². The Labute approximate surface area is 162 Å². The van der Waals surface area contributed by atoms with Crippen molar-refractivity contribution >= 4 is 23.0 Å². The Morgan fingerprint density at radius 3 is 2.07 bits per heavy atom. The molecule has 0 fully saturated rings. The molecule has 14 heteroatoms. The molecule has 0 unspecified atom stereocenters. The fourth-order valence-electron chi connectivity index (χ4n) is 1.91. The number of nitrogens with zero attached hydrogens (tertiary/aromatic N) is 5. The summed E-state index contributed by atoms with van der Waals surface area (Å²) in [5.74, 6) is -2.28. The first-order valence-corrected chi connectivity index (χ1v) is 7.67. The van der Waals surface area contributed by atoms with Crippen molar-refractivity contribution in [2.75, 3.05) is 19.8 Å². The second-order valence-electron chi connectivity index (χ2n) is 5.59. The van der Waals surface area contributed by atoms with Gasteiger partial charge in [0.2, 0.25) is 16.8 Å². The van der Waals surface area contributed by atoms with Gasteiger partial charge < -0.3 is 15.7 Å². The van der Waals surface area contributed by atoms with Crippen LogP contribution < -0.4 is 15.3 Å². The third-order valence-electron chi connectivity index (χ3n) is 3.33. The van der Waals surface area contributed by atoms with E-state index in [1.165, 1.54) is 38.4 Å². The van der Waals surface area contributed by atoms with Gasteiger partial charge in [-0.15, -0.1) is 0 Å². The third kappa shape index (κ3) is 5.03. The Kier molecular flexibility index (Phi) is 6.08. The Balaban J connectivity index is 2.48. The number of hydrogen-bond acceptors (Lipinski definition) is 10. The minimum atomic E-state index is -0.983. The normalized spacial score (nSPS) is 10.9. The van der Waals surface area contributed by atoms with Crippen molar-refractivity contribution in [2.24, 2.45) is 5.28 Å². The first kappa shape index (κ1) is 20.8. The second-order valence-corrected chi connectivity index (χ2v) is 5.59. The molecule has 0 amide bonds. The molecular weight excluding hydrogens is 392 g/mol. The Bertz CT molecular complexity index is 989. The summed E-state index contributed by atoms with van der Waals surface area (Å²) in [6.07, 6.45) is 0. The van der Waals surface area contributed by atoms with Crippen molar-refractivity contribution < 1.29 is 29.2 Å². The fourth-order valence-corrected chi connectivity index (χ4v) is 1.91. The van der Waals surface area contributed by atoms with E-state index >= 15 is 0 Å². The van der Waals surface area contributed by atoms with Gasteiger partial charge in [0.15, 0.2) is 0 Å². The molecule has 0 radical (unpaired) electrons. The average Bonchev–Trinajstić information content (AvgIpc) is 2.65. The number of hydrazine groups is 1. The first-order valence-electron chi connectivity index (χ1n) is 7.67. The van der Waals surface area contributed by atoms with Crippen LogP contribution in [0, 0.1) is 25.4 Å². The summed E-state index contributed by atoms with van der Waals surface area (Å²) in [4.78, 5) is 37.4. The minimum absolute atomic E-state index is 0.0253. The fraction of sp³-hybridized carbons (Fsp3) is 0.133. The van der Waals surface area contributed by atoms with E-state index < -0.39 is 38.7 Å². The molecule has 2 aromatic carbocycles. The van der Waals surface area contributed by atoms with Gasteiger partial charge in [-0.3, -0.25) is 25.1 Å². The average molecular weight is 406 g/mol. The van der Waals surface area contributed by atoms with Crippen LogP contribution in [0.1, 0.15) is 10.4 Å². The largest absolute Gasteiger partial charge is 0.569 e. The number of rotatable bonds is 7. The molecule has 2 rings (SSSR count). The molecule has 14 nitrogen and oxygen atoms in total. The lowest BCUT2D eigenvalue weighted by molar-refractivity contribution is -0.695. The number of anilines is 1. The minimum Gasteiger partial charge on any atom is -0.569 e. The summed E-state index contributed by atoms with van der Waals surface area (Å²) in [7, 11) is 2.65. The molecule has 0 saturated heterocycles. The van der Waals surface area contributed by atoms with Crippen LogP contribution in [0.4, 0.5) is 17.1 Å². The van der Waals surface area contributed by atoms with Gasteiger partial charge in [-0.05, 0) is 24.3 Å². The number of benzene rings is 2. The zero-order valence-corrected chi connectivity index (χ0v) is 15.0. The highest BCUT2D eigenvalue weighted by Crippen LogP contribution is 2.39. The summed E-state index contributed by atoms with van der Waals surface area (Å²) < 4.78 is 4.99. The van der Waals surface area contributed by atoms with Crippen LogP contribution in [0.3, 0.4) is 0 Å². The van der Waals surface area contributed by atoms with E-state index in [2.05, 4.69) is 5.28 Å². The summed E-state index contributed by atoms with van der Waals surface area (Å²) in [5.41, 5.74) is 4.20. The smallest absolute Gasteiger partial charge is 0.343 e. The Morgan fingerprint density at radius 2 is 1.55 bits per heavy atom. The highest BCUT2D eigenvalue weighted by atomic mass is 16.7. The van der Waals surface area contributed by atoms with Crippen molar-refractivity contribution in [2.45, 2.75) is 0 Å². The van der Waals surface area contributed by atoms with Crippen molar-refractivity contribution in [3.8, 4) is 11.5 Å². The second kappa shape index (κ2) is 8.47. The van der Waals surface area contributed by atoms with Gasteiger partial charge in [0.1, 0.15) is 6.07 Å². The van der Waals surface area contributed by atoms with Crippen LogP contribution in [-0.4, -0.2) is 39.9 Å². The van der Waals surface area contributed by atoms with E-state index in [0.717, 1.165) is 11.1 Å². The molecule has 0 saturated carbocycles. The summed E-state index contributed by atoms with van der Waals surface area (Å²) in [6.45, 7) is 0. The molecule has 0 aliphatic carbocycles. The lowest BCUT2D eigenvalue weighted by Gasteiger charge is -2.08. The van der Waals surface area contributed by atoms with E-state index in [-0.39, 0.29) is 10.5 Å². The Morgan fingerprint density at radius 1 is 1.00 bits per heavy atom. The SMILES string of the molecule is CN(C)/[N+]([O-])=N\Oc1cc(OC(=O)c2ccc(N)cc2)c([N+](=O)[O-])cc1[N+](=O)[O-]. The summed E-state index contributed by atoms with van der Waals surface area (Å²) >= 11 is 0. The molecule has 2 N–H and O–H groups in total. The van der Waals surface area contributed by atoms with Gasteiger partial charge in [-0.2, -0.15) is 5.01 Å². The van der Waals surface area contributed by atoms with E-state index in [1.54, 1.807) is 0 Å². The van der Waals surface area contributed by atoms with Gasteiger partial charge in [0, 0.05) is 11.8 Å². The highest BCUT2D eigenvalue weighted by molar-refractivity contribution is 5.92.